The van der Waals surface area contributed by atoms with Crippen molar-refractivity contribution in [1.82, 2.24) is 5.32 Å². The maximum Gasteiger partial charge on any atom is 0.0447 e. The smallest absolute Gasteiger partial charge is 0.0447 e. The van der Waals surface area contributed by atoms with Gasteiger partial charge in [0.15, 0.2) is 0 Å². The molecular weight excluding hydrogens is 236 g/mol. The lowest BCUT2D eigenvalue weighted by atomic mass is 10.1. The summed E-state index contributed by atoms with van der Waals surface area (Å²) in [6, 6.07) is 6.66. The van der Waals surface area contributed by atoms with Gasteiger partial charge in [0.25, 0.3) is 0 Å². The van der Waals surface area contributed by atoms with Gasteiger partial charge >= 0.3 is 0 Å². The van der Waals surface area contributed by atoms with Crippen LogP contribution in [0.5, 0.6) is 0 Å². The summed E-state index contributed by atoms with van der Waals surface area (Å²) in [5.41, 5.74) is 3.96. The minimum atomic E-state index is 0.258. The van der Waals surface area contributed by atoms with Crippen molar-refractivity contribution in [3.05, 3.63) is 29.3 Å². The molecule has 1 aromatic carbocycles. The van der Waals surface area contributed by atoms with Crippen LogP contribution in [0.3, 0.4) is 0 Å². The van der Waals surface area contributed by atoms with Crippen LogP contribution in [-0.4, -0.2) is 31.3 Å². The number of benzene rings is 1. The van der Waals surface area contributed by atoms with Gasteiger partial charge in [0.1, 0.15) is 0 Å². The number of aliphatic hydroxyl groups is 1. The summed E-state index contributed by atoms with van der Waals surface area (Å²) in [6.45, 7) is 10.7. The van der Waals surface area contributed by atoms with Crippen LogP contribution in [0.4, 0.5) is 5.69 Å². The molecule has 3 nitrogen and oxygen atoms in total. The first-order valence-electron chi connectivity index (χ1n) is 7.39. The molecule has 3 heteroatoms. The van der Waals surface area contributed by atoms with E-state index in [-0.39, 0.29) is 6.61 Å². The number of anilines is 1. The van der Waals surface area contributed by atoms with Crippen molar-refractivity contribution in [2.24, 2.45) is 0 Å². The molecule has 0 radical (unpaired) electrons. The standard InChI is InChI=1S/C16H28N2O/c1-4-9-17-13-15-7-8-16(12-14(15)3)18(5-2)10-6-11-19/h7-8,12,17,19H,4-6,9-11,13H2,1-3H3. The third-order valence-electron chi connectivity index (χ3n) is 3.40. The fourth-order valence-corrected chi connectivity index (χ4v) is 2.21. The Kier molecular flexibility index (Phi) is 7.53. The van der Waals surface area contributed by atoms with E-state index in [1.54, 1.807) is 0 Å². The number of aryl methyl sites for hydroxylation is 1. The number of hydrogen-bond donors (Lipinski definition) is 2. The molecule has 0 saturated carbocycles. The second kappa shape index (κ2) is 8.94. The normalized spacial score (nSPS) is 10.7. The van der Waals surface area contributed by atoms with E-state index in [9.17, 15) is 0 Å². The lowest BCUT2D eigenvalue weighted by Crippen LogP contribution is -2.24. The Balaban J connectivity index is 2.68. The van der Waals surface area contributed by atoms with Crippen LogP contribution in [0.1, 0.15) is 37.8 Å². The molecule has 0 aliphatic heterocycles. The maximum atomic E-state index is 8.94. The Morgan fingerprint density at radius 1 is 1.26 bits per heavy atom. The van der Waals surface area contributed by atoms with E-state index in [4.69, 9.17) is 5.11 Å². The predicted molar refractivity (Wildman–Crippen MR) is 82.8 cm³/mol. The Bertz CT molecular complexity index is 366. The molecular formula is C16H28N2O. The highest BCUT2D eigenvalue weighted by molar-refractivity contribution is 5.50. The van der Waals surface area contributed by atoms with Crippen molar-refractivity contribution in [3.63, 3.8) is 0 Å². The van der Waals surface area contributed by atoms with Crippen LogP contribution in [0.2, 0.25) is 0 Å². The molecule has 19 heavy (non-hydrogen) atoms. The van der Waals surface area contributed by atoms with Crippen LogP contribution in [0.15, 0.2) is 18.2 Å². The molecule has 0 atom stereocenters. The lowest BCUT2D eigenvalue weighted by molar-refractivity contribution is 0.289. The fraction of sp³-hybridized carbons (Fsp3) is 0.625. The predicted octanol–water partition coefficient (Wildman–Crippen LogP) is 2.70. The van der Waals surface area contributed by atoms with Crippen LogP contribution in [0, 0.1) is 6.92 Å². The zero-order valence-electron chi connectivity index (χ0n) is 12.6. The van der Waals surface area contributed by atoms with E-state index in [1.807, 2.05) is 0 Å². The molecule has 0 amide bonds. The quantitative estimate of drug-likeness (QED) is 0.673. The third kappa shape index (κ3) is 5.21. The van der Waals surface area contributed by atoms with Gasteiger partial charge in [0.2, 0.25) is 0 Å². The molecule has 2 N–H and O–H groups in total. The van der Waals surface area contributed by atoms with E-state index in [1.165, 1.54) is 23.2 Å². The average Bonchev–Trinajstić information content (AvgIpc) is 2.42. The van der Waals surface area contributed by atoms with Gasteiger partial charge in [-0.2, -0.15) is 0 Å². The summed E-state index contributed by atoms with van der Waals surface area (Å²) in [7, 11) is 0. The van der Waals surface area contributed by atoms with Crippen LogP contribution in [-0.2, 0) is 6.54 Å². The van der Waals surface area contributed by atoms with Gasteiger partial charge in [-0.1, -0.05) is 13.0 Å². The van der Waals surface area contributed by atoms with Gasteiger partial charge in [-0.15, -0.1) is 0 Å². The molecule has 108 valence electrons. The number of nitrogens with zero attached hydrogens (tertiary/aromatic N) is 1. The first-order chi connectivity index (χ1) is 9.22. The number of aliphatic hydroxyl groups excluding tert-OH is 1. The van der Waals surface area contributed by atoms with Gasteiger partial charge in [-0.25, -0.2) is 0 Å². The first-order valence-corrected chi connectivity index (χ1v) is 7.39. The molecule has 1 rings (SSSR count). The summed E-state index contributed by atoms with van der Waals surface area (Å²) in [5, 5.41) is 12.4. The summed E-state index contributed by atoms with van der Waals surface area (Å²) in [4.78, 5) is 2.31. The van der Waals surface area contributed by atoms with E-state index >= 15 is 0 Å². The molecule has 0 saturated heterocycles. The van der Waals surface area contributed by atoms with Crippen molar-refractivity contribution in [2.45, 2.75) is 40.2 Å². The molecule has 0 aliphatic carbocycles. The minimum Gasteiger partial charge on any atom is -0.396 e. The lowest BCUT2D eigenvalue weighted by Gasteiger charge is -2.24. The summed E-state index contributed by atoms with van der Waals surface area (Å²) < 4.78 is 0. The van der Waals surface area contributed by atoms with Crippen molar-refractivity contribution in [1.29, 1.82) is 0 Å². The zero-order valence-corrected chi connectivity index (χ0v) is 12.6. The van der Waals surface area contributed by atoms with Crippen molar-refractivity contribution in [3.8, 4) is 0 Å². The van der Waals surface area contributed by atoms with Gasteiger partial charge in [-0.05, 0) is 56.5 Å². The molecule has 0 heterocycles. The van der Waals surface area contributed by atoms with E-state index in [0.717, 1.165) is 32.6 Å². The SMILES string of the molecule is CCCNCc1ccc(N(CC)CCCO)cc1C. The zero-order chi connectivity index (χ0) is 14.1. The van der Waals surface area contributed by atoms with Gasteiger partial charge in [0.05, 0.1) is 0 Å². The Morgan fingerprint density at radius 2 is 2.05 bits per heavy atom. The number of rotatable bonds is 9. The number of hydrogen-bond acceptors (Lipinski definition) is 3. The van der Waals surface area contributed by atoms with Gasteiger partial charge in [-0.3, -0.25) is 0 Å². The number of nitrogens with one attached hydrogen (secondary N) is 1. The van der Waals surface area contributed by atoms with Gasteiger partial charge in [0, 0.05) is 31.9 Å². The monoisotopic (exact) mass is 264 g/mol. The summed E-state index contributed by atoms with van der Waals surface area (Å²) in [6.07, 6.45) is 1.99. The maximum absolute atomic E-state index is 8.94. The third-order valence-corrected chi connectivity index (χ3v) is 3.40. The van der Waals surface area contributed by atoms with Crippen LogP contribution >= 0.6 is 0 Å². The van der Waals surface area contributed by atoms with Crippen LogP contribution < -0.4 is 10.2 Å². The molecule has 0 aromatic heterocycles. The highest BCUT2D eigenvalue weighted by Crippen LogP contribution is 2.19. The largest absolute Gasteiger partial charge is 0.396 e. The second-order valence-corrected chi connectivity index (χ2v) is 4.94. The van der Waals surface area contributed by atoms with Crippen LogP contribution in [0.25, 0.3) is 0 Å². The summed E-state index contributed by atoms with van der Waals surface area (Å²) in [5.74, 6) is 0. The molecule has 0 bridgehead atoms. The highest BCUT2D eigenvalue weighted by Gasteiger charge is 2.06. The first kappa shape index (κ1) is 16.0. The fourth-order valence-electron chi connectivity index (χ4n) is 2.21. The molecule has 0 aliphatic rings. The Morgan fingerprint density at radius 3 is 2.63 bits per heavy atom. The minimum absolute atomic E-state index is 0.258. The van der Waals surface area contributed by atoms with Crippen molar-refractivity contribution in [2.75, 3.05) is 31.1 Å². The molecule has 0 spiro atoms. The average molecular weight is 264 g/mol. The molecule has 0 fully saturated rings. The Hall–Kier alpha value is -1.06. The van der Waals surface area contributed by atoms with E-state index < -0.39 is 0 Å². The summed E-state index contributed by atoms with van der Waals surface area (Å²) >= 11 is 0. The van der Waals surface area contributed by atoms with Gasteiger partial charge < -0.3 is 15.3 Å². The second-order valence-electron chi connectivity index (χ2n) is 4.94. The highest BCUT2D eigenvalue weighted by atomic mass is 16.3. The molecule has 0 unspecified atom stereocenters. The van der Waals surface area contributed by atoms with E-state index in [2.05, 4.69) is 49.2 Å². The Labute approximate surface area is 117 Å². The topological polar surface area (TPSA) is 35.5 Å². The van der Waals surface area contributed by atoms with Crippen molar-refractivity contribution >= 4 is 5.69 Å². The van der Waals surface area contributed by atoms with Crippen molar-refractivity contribution < 1.29 is 5.11 Å². The molecule has 1 aromatic rings. The van der Waals surface area contributed by atoms with E-state index in [0.29, 0.717) is 0 Å².